The third-order valence-corrected chi connectivity index (χ3v) is 6.77. The maximum absolute atomic E-state index is 14.3. The molecule has 1 aliphatic rings. The minimum atomic E-state index is -3.73. The van der Waals surface area contributed by atoms with Crippen LogP contribution in [-0.2, 0) is 10.0 Å². The zero-order chi connectivity index (χ0) is 22.0. The van der Waals surface area contributed by atoms with E-state index in [4.69, 9.17) is 0 Å². The Morgan fingerprint density at radius 1 is 0.903 bits per heavy atom. The standard InChI is InChI=1S/C23H25FN4O2S/c1-17-5-8-19(9-6-17)31(29,30)26-21-4-3-11-25-23(21)28-14-12-27(13-15-28)22-10-7-18(2)16-20(22)24/h3-11,16,26H,12-15H2,1-2H3. The first kappa shape index (κ1) is 21.1. The average molecular weight is 441 g/mol. The lowest BCUT2D eigenvalue weighted by Crippen LogP contribution is -2.47. The van der Waals surface area contributed by atoms with E-state index in [-0.39, 0.29) is 10.7 Å². The normalized spacial score (nSPS) is 14.5. The fraction of sp³-hybridized carbons (Fsp3) is 0.261. The molecule has 3 aromatic rings. The van der Waals surface area contributed by atoms with Gasteiger partial charge in [0, 0.05) is 32.4 Å². The molecule has 31 heavy (non-hydrogen) atoms. The van der Waals surface area contributed by atoms with Gasteiger partial charge in [-0.25, -0.2) is 17.8 Å². The summed E-state index contributed by atoms with van der Waals surface area (Å²) in [6.45, 7) is 6.20. The van der Waals surface area contributed by atoms with Gasteiger partial charge in [0.15, 0.2) is 5.82 Å². The van der Waals surface area contributed by atoms with Crippen LogP contribution in [0, 0.1) is 19.7 Å². The lowest BCUT2D eigenvalue weighted by atomic mass is 10.2. The summed E-state index contributed by atoms with van der Waals surface area (Å²) >= 11 is 0. The summed E-state index contributed by atoms with van der Waals surface area (Å²) in [6, 6.07) is 15.4. The lowest BCUT2D eigenvalue weighted by molar-refractivity contribution is 0.594. The highest BCUT2D eigenvalue weighted by Gasteiger charge is 2.24. The number of rotatable bonds is 5. The SMILES string of the molecule is Cc1ccc(S(=O)(=O)Nc2cccnc2N2CCN(c3ccc(C)cc3F)CC2)cc1. The number of nitrogens with one attached hydrogen (secondary N) is 1. The van der Waals surface area contributed by atoms with Crippen LogP contribution in [-0.4, -0.2) is 39.6 Å². The summed E-state index contributed by atoms with van der Waals surface area (Å²) in [7, 11) is -3.73. The van der Waals surface area contributed by atoms with Crippen molar-refractivity contribution >= 4 is 27.2 Å². The largest absolute Gasteiger partial charge is 0.366 e. The second-order valence-corrected chi connectivity index (χ2v) is 9.40. The fourth-order valence-corrected chi connectivity index (χ4v) is 4.74. The summed E-state index contributed by atoms with van der Waals surface area (Å²) in [4.78, 5) is 8.66. The number of anilines is 3. The maximum atomic E-state index is 14.3. The maximum Gasteiger partial charge on any atom is 0.262 e. The number of halogens is 1. The fourth-order valence-electron chi connectivity index (χ4n) is 3.68. The summed E-state index contributed by atoms with van der Waals surface area (Å²) in [5, 5.41) is 0. The molecule has 1 aliphatic heterocycles. The zero-order valence-electron chi connectivity index (χ0n) is 17.5. The van der Waals surface area contributed by atoms with E-state index in [0.29, 0.717) is 43.4 Å². The van der Waals surface area contributed by atoms with Crippen molar-refractivity contribution in [1.29, 1.82) is 0 Å². The summed E-state index contributed by atoms with van der Waals surface area (Å²) in [6.07, 6.45) is 1.64. The Morgan fingerprint density at radius 3 is 2.23 bits per heavy atom. The number of nitrogens with zero attached hydrogens (tertiary/aromatic N) is 3. The molecule has 162 valence electrons. The Balaban J connectivity index is 1.51. The van der Waals surface area contributed by atoms with Crippen molar-refractivity contribution in [3.05, 3.63) is 77.7 Å². The highest BCUT2D eigenvalue weighted by atomic mass is 32.2. The van der Waals surface area contributed by atoms with Gasteiger partial charge in [0.1, 0.15) is 5.82 Å². The molecule has 0 bridgehead atoms. The van der Waals surface area contributed by atoms with Crippen molar-refractivity contribution in [3.63, 3.8) is 0 Å². The van der Waals surface area contributed by atoms with E-state index in [0.717, 1.165) is 11.1 Å². The van der Waals surface area contributed by atoms with Crippen molar-refractivity contribution in [2.75, 3.05) is 40.7 Å². The van der Waals surface area contributed by atoms with E-state index in [1.807, 2.05) is 35.8 Å². The Labute approximate surface area is 182 Å². The molecule has 8 heteroatoms. The van der Waals surface area contributed by atoms with E-state index in [9.17, 15) is 12.8 Å². The number of benzene rings is 2. The van der Waals surface area contributed by atoms with Gasteiger partial charge in [0.05, 0.1) is 16.3 Å². The molecule has 1 saturated heterocycles. The predicted molar refractivity (Wildman–Crippen MR) is 122 cm³/mol. The second kappa shape index (κ2) is 8.55. The molecule has 1 aromatic heterocycles. The van der Waals surface area contributed by atoms with E-state index in [1.54, 1.807) is 48.7 Å². The summed E-state index contributed by atoms with van der Waals surface area (Å²) in [5.41, 5.74) is 2.90. The molecule has 0 amide bonds. The van der Waals surface area contributed by atoms with E-state index in [2.05, 4.69) is 9.71 Å². The first-order valence-electron chi connectivity index (χ1n) is 10.1. The monoisotopic (exact) mass is 440 g/mol. The molecule has 0 atom stereocenters. The first-order valence-corrected chi connectivity index (χ1v) is 11.6. The Morgan fingerprint density at radius 2 is 1.55 bits per heavy atom. The van der Waals surface area contributed by atoms with Gasteiger partial charge in [-0.3, -0.25) is 4.72 Å². The topological polar surface area (TPSA) is 65.5 Å². The van der Waals surface area contributed by atoms with Crippen LogP contribution in [0.5, 0.6) is 0 Å². The number of aryl methyl sites for hydroxylation is 2. The molecule has 6 nitrogen and oxygen atoms in total. The third-order valence-electron chi connectivity index (χ3n) is 5.39. The molecule has 0 spiro atoms. The van der Waals surface area contributed by atoms with Crippen molar-refractivity contribution in [1.82, 2.24) is 4.98 Å². The molecule has 0 aliphatic carbocycles. The molecular weight excluding hydrogens is 415 g/mol. The number of pyridine rings is 1. The molecule has 2 aromatic carbocycles. The number of hydrogen-bond donors (Lipinski definition) is 1. The van der Waals surface area contributed by atoms with Crippen molar-refractivity contribution in [2.24, 2.45) is 0 Å². The van der Waals surface area contributed by atoms with Gasteiger partial charge in [-0.15, -0.1) is 0 Å². The van der Waals surface area contributed by atoms with Gasteiger partial charge >= 0.3 is 0 Å². The number of sulfonamides is 1. The van der Waals surface area contributed by atoms with E-state index in [1.165, 1.54) is 0 Å². The number of aromatic nitrogens is 1. The van der Waals surface area contributed by atoms with Gasteiger partial charge < -0.3 is 9.80 Å². The average Bonchev–Trinajstić information content (AvgIpc) is 2.74. The lowest BCUT2D eigenvalue weighted by Gasteiger charge is -2.37. The van der Waals surface area contributed by atoms with E-state index < -0.39 is 10.0 Å². The highest BCUT2D eigenvalue weighted by molar-refractivity contribution is 7.92. The van der Waals surface area contributed by atoms with Crippen LogP contribution in [0.1, 0.15) is 11.1 Å². The van der Waals surface area contributed by atoms with Crippen LogP contribution < -0.4 is 14.5 Å². The molecule has 1 fully saturated rings. The quantitative estimate of drug-likeness (QED) is 0.651. The third kappa shape index (κ3) is 4.64. The van der Waals surface area contributed by atoms with E-state index >= 15 is 0 Å². The molecular formula is C23H25FN4O2S. The zero-order valence-corrected chi connectivity index (χ0v) is 18.4. The van der Waals surface area contributed by atoms with Crippen LogP contribution in [0.25, 0.3) is 0 Å². The minimum absolute atomic E-state index is 0.201. The van der Waals surface area contributed by atoms with Gasteiger partial charge in [0.2, 0.25) is 0 Å². The van der Waals surface area contributed by atoms with Gasteiger partial charge in [-0.2, -0.15) is 0 Å². The van der Waals surface area contributed by atoms with Crippen LogP contribution in [0.3, 0.4) is 0 Å². The van der Waals surface area contributed by atoms with Gasteiger partial charge in [-0.05, 0) is 55.8 Å². The Kier molecular flexibility index (Phi) is 5.82. The molecule has 2 heterocycles. The van der Waals surface area contributed by atoms with Crippen molar-refractivity contribution in [2.45, 2.75) is 18.7 Å². The molecule has 0 saturated carbocycles. The molecule has 0 radical (unpaired) electrons. The highest BCUT2D eigenvalue weighted by Crippen LogP contribution is 2.28. The van der Waals surface area contributed by atoms with Gasteiger partial charge in [-0.1, -0.05) is 23.8 Å². The first-order chi connectivity index (χ1) is 14.8. The van der Waals surface area contributed by atoms with Crippen LogP contribution in [0.15, 0.2) is 65.7 Å². The van der Waals surface area contributed by atoms with Gasteiger partial charge in [0.25, 0.3) is 10.0 Å². The Bertz CT molecular complexity index is 1170. The van der Waals surface area contributed by atoms with Crippen molar-refractivity contribution in [3.8, 4) is 0 Å². The second-order valence-electron chi connectivity index (χ2n) is 7.72. The number of piperazine rings is 1. The summed E-state index contributed by atoms with van der Waals surface area (Å²) in [5.74, 6) is 0.347. The number of hydrogen-bond acceptors (Lipinski definition) is 5. The molecule has 0 unspecified atom stereocenters. The molecule has 1 N–H and O–H groups in total. The van der Waals surface area contributed by atoms with Crippen LogP contribution in [0.4, 0.5) is 21.6 Å². The summed E-state index contributed by atoms with van der Waals surface area (Å²) < 4.78 is 42.7. The predicted octanol–water partition coefficient (Wildman–Crippen LogP) is 3.96. The van der Waals surface area contributed by atoms with Crippen LogP contribution >= 0.6 is 0 Å². The smallest absolute Gasteiger partial charge is 0.262 e. The molecule has 4 rings (SSSR count). The van der Waals surface area contributed by atoms with Crippen LogP contribution in [0.2, 0.25) is 0 Å². The minimum Gasteiger partial charge on any atom is -0.366 e. The van der Waals surface area contributed by atoms with Crippen molar-refractivity contribution < 1.29 is 12.8 Å². The Hall–Kier alpha value is -3.13.